The molecule has 0 aromatic heterocycles. The Morgan fingerprint density at radius 1 is 1.16 bits per heavy atom. The van der Waals surface area contributed by atoms with Crippen molar-refractivity contribution in [3.8, 4) is 6.07 Å². The van der Waals surface area contributed by atoms with Crippen LogP contribution in [0, 0.1) is 11.3 Å². The van der Waals surface area contributed by atoms with Gasteiger partial charge in [0.15, 0.2) is 0 Å². The molecule has 2 aromatic carbocycles. The number of piperazine rings is 1. The Bertz CT molecular complexity index is 910. The second-order valence-electron chi connectivity index (χ2n) is 6.06. The summed E-state index contributed by atoms with van der Waals surface area (Å²) in [7, 11) is -1.73. The molecule has 25 heavy (non-hydrogen) atoms. The Balaban J connectivity index is 2.02. The van der Waals surface area contributed by atoms with E-state index in [0.29, 0.717) is 19.6 Å². The molecule has 2 aromatic rings. The number of likely N-dealkylation sites (N-methyl/N-ethyl adjacent to an activating group) is 1. The quantitative estimate of drug-likeness (QED) is 0.827. The van der Waals surface area contributed by atoms with E-state index >= 15 is 0 Å². The highest BCUT2D eigenvalue weighted by Crippen LogP contribution is 2.32. The minimum Gasteiger partial charge on any atom is -0.303 e. The maximum absolute atomic E-state index is 13.2. The van der Waals surface area contributed by atoms with E-state index < -0.39 is 10.0 Å². The predicted octanol–water partition coefficient (Wildman–Crippen LogP) is 2.89. The van der Waals surface area contributed by atoms with Crippen molar-refractivity contribution >= 4 is 21.6 Å². The molecule has 0 aliphatic carbocycles. The molecular weight excluding hydrogens is 358 g/mol. The molecule has 0 saturated carbocycles. The van der Waals surface area contributed by atoms with Crippen molar-refractivity contribution in [1.82, 2.24) is 9.21 Å². The summed E-state index contributed by atoms with van der Waals surface area (Å²) in [6, 6.07) is 15.5. The first-order valence-corrected chi connectivity index (χ1v) is 9.70. The molecule has 7 heteroatoms. The van der Waals surface area contributed by atoms with Crippen LogP contribution in [0.4, 0.5) is 0 Å². The van der Waals surface area contributed by atoms with Gasteiger partial charge in [0.1, 0.15) is 6.07 Å². The molecule has 1 aliphatic rings. The molecule has 0 amide bonds. The summed E-state index contributed by atoms with van der Waals surface area (Å²) in [5.41, 5.74) is 1.22. The van der Waals surface area contributed by atoms with Gasteiger partial charge in [-0.1, -0.05) is 41.9 Å². The lowest BCUT2D eigenvalue weighted by molar-refractivity contribution is 0.160. The first-order chi connectivity index (χ1) is 11.9. The lowest BCUT2D eigenvalue weighted by atomic mass is 10.1. The molecule has 1 atom stereocenters. The summed E-state index contributed by atoms with van der Waals surface area (Å²) < 4.78 is 27.9. The molecule has 0 N–H and O–H groups in total. The van der Waals surface area contributed by atoms with Crippen LogP contribution in [0.1, 0.15) is 17.2 Å². The zero-order valence-corrected chi connectivity index (χ0v) is 15.3. The molecule has 3 rings (SSSR count). The van der Waals surface area contributed by atoms with Gasteiger partial charge in [0, 0.05) is 19.6 Å². The summed E-state index contributed by atoms with van der Waals surface area (Å²) in [4.78, 5) is 2.23. The normalized spacial score (nSPS) is 19.5. The number of nitrogens with zero attached hydrogens (tertiary/aromatic N) is 3. The molecule has 1 heterocycles. The van der Waals surface area contributed by atoms with Crippen LogP contribution in [0.2, 0.25) is 5.02 Å². The molecule has 1 fully saturated rings. The van der Waals surface area contributed by atoms with Crippen molar-refractivity contribution in [1.29, 1.82) is 5.26 Å². The first-order valence-electron chi connectivity index (χ1n) is 7.88. The van der Waals surface area contributed by atoms with Crippen molar-refractivity contribution in [2.24, 2.45) is 0 Å². The molecule has 0 bridgehead atoms. The Hall–Kier alpha value is -1.91. The van der Waals surface area contributed by atoms with Crippen LogP contribution >= 0.6 is 11.6 Å². The van der Waals surface area contributed by atoms with Gasteiger partial charge in [-0.15, -0.1) is 0 Å². The van der Waals surface area contributed by atoms with Crippen molar-refractivity contribution in [2.45, 2.75) is 10.9 Å². The summed E-state index contributed by atoms with van der Waals surface area (Å²) in [6.45, 7) is 1.68. The minimum absolute atomic E-state index is 0.113. The van der Waals surface area contributed by atoms with E-state index in [1.165, 1.54) is 22.5 Å². The fourth-order valence-corrected chi connectivity index (χ4v) is 4.93. The van der Waals surface area contributed by atoms with Crippen molar-refractivity contribution in [3.05, 3.63) is 64.7 Å². The zero-order chi connectivity index (χ0) is 18.0. The maximum atomic E-state index is 13.2. The first kappa shape index (κ1) is 17.9. The van der Waals surface area contributed by atoms with Gasteiger partial charge >= 0.3 is 0 Å². The molecule has 1 aliphatic heterocycles. The third-order valence-electron chi connectivity index (χ3n) is 4.39. The number of nitriles is 1. The number of benzene rings is 2. The second kappa shape index (κ2) is 7.14. The van der Waals surface area contributed by atoms with Crippen molar-refractivity contribution < 1.29 is 8.42 Å². The van der Waals surface area contributed by atoms with Gasteiger partial charge in [-0.25, -0.2) is 8.42 Å². The molecule has 5 nitrogen and oxygen atoms in total. The Labute approximate surface area is 153 Å². The van der Waals surface area contributed by atoms with E-state index in [0.717, 1.165) is 5.56 Å². The third kappa shape index (κ3) is 3.55. The van der Waals surface area contributed by atoms with Crippen molar-refractivity contribution in [2.75, 3.05) is 26.7 Å². The van der Waals surface area contributed by atoms with Crippen LogP contribution < -0.4 is 0 Å². The molecule has 1 unspecified atom stereocenters. The highest BCUT2D eigenvalue weighted by atomic mass is 35.5. The highest BCUT2D eigenvalue weighted by Gasteiger charge is 2.36. The summed E-state index contributed by atoms with van der Waals surface area (Å²) in [6.07, 6.45) is 0. The molecule has 130 valence electrons. The Kier molecular flexibility index (Phi) is 5.11. The van der Waals surface area contributed by atoms with Gasteiger partial charge in [0.25, 0.3) is 0 Å². The lowest BCUT2D eigenvalue weighted by Gasteiger charge is -2.39. The fraction of sp³-hybridized carbons (Fsp3) is 0.278. The average Bonchev–Trinajstić information content (AvgIpc) is 2.62. The summed E-state index contributed by atoms with van der Waals surface area (Å²) in [5.74, 6) is 0. The molecule has 0 radical (unpaired) electrons. The highest BCUT2D eigenvalue weighted by molar-refractivity contribution is 7.89. The van der Waals surface area contributed by atoms with E-state index in [4.69, 9.17) is 16.9 Å². The van der Waals surface area contributed by atoms with Gasteiger partial charge in [0.05, 0.1) is 21.5 Å². The third-order valence-corrected chi connectivity index (χ3v) is 6.60. The van der Waals surface area contributed by atoms with Crippen LogP contribution in [0.5, 0.6) is 0 Å². The average molecular weight is 376 g/mol. The topological polar surface area (TPSA) is 64.4 Å². The van der Waals surface area contributed by atoms with Gasteiger partial charge in [0.2, 0.25) is 10.0 Å². The van der Waals surface area contributed by atoms with Crippen LogP contribution in [-0.2, 0) is 10.0 Å². The Morgan fingerprint density at radius 3 is 2.52 bits per heavy atom. The number of hydrogen-bond donors (Lipinski definition) is 0. The second-order valence-corrected chi connectivity index (χ2v) is 8.36. The van der Waals surface area contributed by atoms with E-state index in [1.807, 2.05) is 43.4 Å². The number of hydrogen-bond acceptors (Lipinski definition) is 4. The number of rotatable bonds is 3. The van der Waals surface area contributed by atoms with Gasteiger partial charge in [-0.2, -0.15) is 9.57 Å². The summed E-state index contributed by atoms with van der Waals surface area (Å²) >= 11 is 6.04. The van der Waals surface area contributed by atoms with Crippen LogP contribution in [0.25, 0.3) is 0 Å². The molecular formula is C18H18ClN3O2S. The van der Waals surface area contributed by atoms with Gasteiger partial charge < -0.3 is 4.90 Å². The lowest BCUT2D eigenvalue weighted by Crippen LogP contribution is -2.49. The van der Waals surface area contributed by atoms with Crippen LogP contribution in [0.3, 0.4) is 0 Å². The zero-order valence-electron chi connectivity index (χ0n) is 13.8. The smallest absolute Gasteiger partial charge is 0.243 e. The minimum atomic E-state index is -3.72. The molecule has 1 saturated heterocycles. The predicted molar refractivity (Wildman–Crippen MR) is 96.7 cm³/mol. The monoisotopic (exact) mass is 375 g/mol. The molecule has 0 spiro atoms. The van der Waals surface area contributed by atoms with E-state index in [9.17, 15) is 8.42 Å². The van der Waals surface area contributed by atoms with E-state index in [1.54, 1.807) is 0 Å². The van der Waals surface area contributed by atoms with E-state index in [-0.39, 0.29) is 21.5 Å². The van der Waals surface area contributed by atoms with Gasteiger partial charge in [-0.05, 0) is 30.8 Å². The fourth-order valence-electron chi connectivity index (χ4n) is 3.02. The summed E-state index contributed by atoms with van der Waals surface area (Å²) in [5, 5.41) is 9.13. The number of sulfonamides is 1. The largest absolute Gasteiger partial charge is 0.303 e. The van der Waals surface area contributed by atoms with E-state index in [2.05, 4.69) is 4.90 Å². The van der Waals surface area contributed by atoms with Crippen LogP contribution in [0.15, 0.2) is 53.4 Å². The SMILES string of the molecule is CN1CCN(S(=O)(=O)c2ccc(C#N)c(Cl)c2)C(c2ccccc2)C1. The van der Waals surface area contributed by atoms with Crippen molar-refractivity contribution in [3.63, 3.8) is 0 Å². The van der Waals surface area contributed by atoms with Crippen LogP contribution in [-0.4, -0.2) is 44.3 Å². The van der Waals surface area contributed by atoms with Gasteiger partial charge in [-0.3, -0.25) is 0 Å². The Morgan fingerprint density at radius 2 is 1.88 bits per heavy atom. The number of halogens is 1. The standard InChI is InChI=1S/C18H18ClN3O2S/c1-21-9-10-22(18(13-21)14-5-3-2-4-6-14)25(23,24)16-8-7-15(12-20)17(19)11-16/h2-8,11,18H,9-10,13H2,1H3. The maximum Gasteiger partial charge on any atom is 0.243 e.